The maximum Gasteiger partial charge on any atom is 0.0507 e. The molecule has 0 aromatic heterocycles. The van der Waals surface area contributed by atoms with Crippen LogP contribution >= 0.6 is 0 Å². The van der Waals surface area contributed by atoms with E-state index in [-0.39, 0.29) is 0 Å². The molecule has 3 heteroatoms. The van der Waals surface area contributed by atoms with E-state index in [1.165, 1.54) is 58.2 Å². The summed E-state index contributed by atoms with van der Waals surface area (Å²) < 4.78 is 5.50. The van der Waals surface area contributed by atoms with Crippen molar-refractivity contribution in [2.45, 2.75) is 64.5 Å². The van der Waals surface area contributed by atoms with Crippen LogP contribution in [-0.2, 0) is 4.74 Å². The van der Waals surface area contributed by atoms with Gasteiger partial charge in [-0.25, -0.2) is 0 Å². The van der Waals surface area contributed by atoms with Crippen molar-refractivity contribution in [3.63, 3.8) is 0 Å². The summed E-state index contributed by atoms with van der Waals surface area (Å²) in [6, 6.07) is 1.56. The van der Waals surface area contributed by atoms with E-state index in [1.807, 2.05) is 0 Å². The molecule has 21 heavy (non-hydrogen) atoms. The lowest BCUT2D eigenvalue weighted by molar-refractivity contribution is 0.137. The monoisotopic (exact) mass is 294 g/mol. The lowest BCUT2D eigenvalue weighted by Crippen LogP contribution is -2.48. The van der Waals surface area contributed by atoms with Crippen LogP contribution in [0.2, 0.25) is 0 Å². The Morgan fingerprint density at radius 2 is 1.76 bits per heavy atom. The number of nitrogens with one attached hydrogen (secondary N) is 1. The van der Waals surface area contributed by atoms with E-state index in [9.17, 15) is 0 Å². The minimum absolute atomic E-state index is 0.770. The molecule has 0 radical (unpaired) electrons. The van der Waals surface area contributed by atoms with Crippen molar-refractivity contribution in [2.75, 3.05) is 32.8 Å². The third-order valence-corrected chi connectivity index (χ3v) is 6.20. The van der Waals surface area contributed by atoms with Crippen LogP contribution in [0.5, 0.6) is 0 Å². The van der Waals surface area contributed by atoms with Crippen molar-refractivity contribution in [1.29, 1.82) is 0 Å². The summed E-state index contributed by atoms with van der Waals surface area (Å²) >= 11 is 0. The van der Waals surface area contributed by atoms with Crippen LogP contribution in [0.1, 0.15) is 52.4 Å². The third kappa shape index (κ3) is 4.43. The van der Waals surface area contributed by atoms with Crippen molar-refractivity contribution in [2.24, 2.45) is 17.8 Å². The largest absolute Gasteiger partial charge is 0.381 e. The SMILES string of the molecule is C[C@@H]1CC[C@H](NC2CCN(C[C@@H]3CCOC3)CC2)C[C@@H]1C. The highest BCUT2D eigenvalue weighted by molar-refractivity contribution is 4.85. The third-order valence-electron chi connectivity index (χ3n) is 6.20. The Morgan fingerprint density at radius 3 is 2.43 bits per heavy atom. The molecule has 122 valence electrons. The highest BCUT2D eigenvalue weighted by atomic mass is 16.5. The van der Waals surface area contributed by atoms with Crippen LogP contribution < -0.4 is 5.32 Å². The molecule has 4 atom stereocenters. The molecule has 2 aliphatic heterocycles. The van der Waals surface area contributed by atoms with Gasteiger partial charge in [0, 0.05) is 25.2 Å². The van der Waals surface area contributed by atoms with Gasteiger partial charge in [-0.2, -0.15) is 0 Å². The van der Waals surface area contributed by atoms with E-state index in [0.29, 0.717) is 0 Å². The fourth-order valence-corrected chi connectivity index (χ4v) is 4.41. The maximum atomic E-state index is 5.50. The second-order valence-electron chi connectivity index (χ2n) is 7.94. The Morgan fingerprint density at radius 1 is 0.952 bits per heavy atom. The van der Waals surface area contributed by atoms with Gasteiger partial charge >= 0.3 is 0 Å². The minimum atomic E-state index is 0.770. The fraction of sp³-hybridized carbons (Fsp3) is 1.00. The minimum Gasteiger partial charge on any atom is -0.381 e. The summed E-state index contributed by atoms with van der Waals surface area (Å²) in [6.07, 6.45) is 8.16. The van der Waals surface area contributed by atoms with Gasteiger partial charge < -0.3 is 15.0 Å². The van der Waals surface area contributed by atoms with E-state index in [4.69, 9.17) is 4.74 Å². The summed E-state index contributed by atoms with van der Waals surface area (Å²) in [5.74, 6) is 2.63. The van der Waals surface area contributed by atoms with E-state index in [0.717, 1.165) is 43.1 Å². The van der Waals surface area contributed by atoms with Crippen LogP contribution in [0.4, 0.5) is 0 Å². The Kier molecular flexibility index (Phi) is 5.58. The van der Waals surface area contributed by atoms with Gasteiger partial charge in [-0.3, -0.25) is 0 Å². The van der Waals surface area contributed by atoms with Crippen molar-refractivity contribution in [3.05, 3.63) is 0 Å². The van der Waals surface area contributed by atoms with E-state index in [1.54, 1.807) is 0 Å². The molecule has 1 N–H and O–H groups in total. The molecule has 3 rings (SSSR count). The molecule has 3 nitrogen and oxygen atoms in total. The second kappa shape index (κ2) is 7.43. The summed E-state index contributed by atoms with van der Waals surface area (Å²) in [5, 5.41) is 3.97. The Balaban J connectivity index is 1.35. The highest BCUT2D eigenvalue weighted by Gasteiger charge is 2.28. The average Bonchev–Trinajstić information content (AvgIpc) is 2.98. The molecule has 0 spiro atoms. The molecular formula is C18H34N2O. The topological polar surface area (TPSA) is 24.5 Å². The normalized spacial score (nSPS) is 39.7. The Labute approximate surface area is 130 Å². The van der Waals surface area contributed by atoms with Crippen LogP contribution in [0.15, 0.2) is 0 Å². The lowest BCUT2D eigenvalue weighted by Gasteiger charge is -2.38. The Bertz CT molecular complexity index is 308. The average molecular weight is 294 g/mol. The van der Waals surface area contributed by atoms with Crippen molar-refractivity contribution >= 4 is 0 Å². The first kappa shape index (κ1) is 15.8. The van der Waals surface area contributed by atoms with E-state index < -0.39 is 0 Å². The molecule has 3 fully saturated rings. The van der Waals surface area contributed by atoms with Crippen molar-refractivity contribution < 1.29 is 4.74 Å². The highest BCUT2D eigenvalue weighted by Crippen LogP contribution is 2.30. The van der Waals surface area contributed by atoms with E-state index >= 15 is 0 Å². The number of likely N-dealkylation sites (tertiary alicyclic amines) is 1. The number of piperidine rings is 1. The molecule has 0 aromatic rings. The maximum absolute atomic E-state index is 5.50. The van der Waals surface area contributed by atoms with Crippen molar-refractivity contribution in [3.8, 4) is 0 Å². The van der Waals surface area contributed by atoms with Gasteiger partial charge in [0.1, 0.15) is 0 Å². The summed E-state index contributed by atoms with van der Waals surface area (Å²) in [6.45, 7) is 10.7. The van der Waals surface area contributed by atoms with Gasteiger partial charge in [-0.05, 0) is 69.4 Å². The van der Waals surface area contributed by atoms with Crippen LogP contribution in [-0.4, -0.2) is 49.8 Å². The Hall–Kier alpha value is -0.120. The van der Waals surface area contributed by atoms with Gasteiger partial charge in [-0.15, -0.1) is 0 Å². The number of ether oxygens (including phenoxy) is 1. The van der Waals surface area contributed by atoms with Gasteiger partial charge in [0.05, 0.1) is 6.61 Å². The smallest absolute Gasteiger partial charge is 0.0507 e. The molecule has 2 heterocycles. The molecule has 2 saturated heterocycles. The van der Waals surface area contributed by atoms with Crippen molar-refractivity contribution in [1.82, 2.24) is 10.2 Å². The first-order valence-corrected chi connectivity index (χ1v) is 9.27. The molecule has 0 bridgehead atoms. The molecule has 0 amide bonds. The second-order valence-corrected chi connectivity index (χ2v) is 7.94. The molecule has 1 aliphatic carbocycles. The van der Waals surface area contributed by atoms with E-state index in [2.05, 4.69) is 24.1 Å². The predicted molar refractivity (Wildman–Crippen MR) is 87.5 cm³/mol. The van der Waals surface area contributed by atoms with Crippen LogP contribution in [0.3, 0.4) is 0 Å². The van der Waals surface area contributed by atoms with Gasteiger partial charge in [-0.1, -0.05) is 13.8 Å². The van der Waals surface area contributed by atoms with Crippen LogP contribution in [0.25, 0.3) is 0 Å². The van der Waals surface area contributed by atoms with Gasteiger partial charge in [0.2, 0.25) is 0 Å². The van der Waals surface area contributed by atoms with Gasteiger partial charge in [0.25, 0.3) is 0 Å². The lowest BCUT2D eigenvalue weighted by atomic mass is 9.79. The molecular weight excluding hydrogens is 260 g/mol. The standard InChI is InChI=1S/C18H34N2O/c1-14-3-4-18(11-15(14)2)19-17-5-8-20(9-6-17)12-16-7-10-21-13-16/h14-19H,3-13H2,1-2H3/t14-,15+,16+,18+/m1/s1. The predicted octanol–water partition coefficient (Wildman–Crippen LogP) is 2.90. The fourth-order valence-electron chi connectivity index (χ4n) is 4.41. The zero-order valence-corrected chi connectivity index (χ0v) is 14.0. The summed E-state index contributed by atoms with van der Waals surface area (Å²) in [4.78, 5) is 2.67. The zero-order valence-electron chi connectivity index (χ0n) is 14.0. The zero-order chi connectivity index (χ0) is 14.7. The summed E-state index contributed by atoms with van der Waals surface area (Å²) in [5.41, 5.74) is 0. The molecule has 0 unspecified atom stereocenters. The summed E-state index contributed by atoms with van der Waals surface area (Å²) in [7, 11) is 0. The number of nitrogens with zero attached hydrogens (tertiary/aromatic N) is 1. The molecule has 0 aromatic carbocycles. The quantitative estimate of drug-likeness (QED) is 0.863. The molecule has 3 aliphatic rings. The number of hydrogen-bond donors (Lipinski definition) is 1. The van der Waals surface area contributed by atoms with Gasteiger partial charge in [0.15, 0.2) is 0 Å². The first-order valence-electron chi connectivity index (χ1n) is 9.27. The van der Waals surface area contributed by atoms with Crippen LogP contribution in [0, 0.1) is 17.8 Å². The number of rotatable bonds is 4. The number of hydrogen-bond acceptors (Lipinski definition) is 3. The molecule has 1 saturated carbocycles. The first-order chi connectivity index (χ1) is 10.2.